The molecule has 0 saturated heterocycles. The minimum Gasteiger partial charge on any atom is -0.493 e. The molecule has 8 heteroatoms. The fourth-order valence-corrected chi connectivity index (χ4v) is 4.08. The molecule has 154 valence electrons. The van der Waals surface area contributed by atoms with Crippen LogP contribution in [0.5, 0.6) is 11.5 Å². The number of thiazole rings is 1. The molecule has 0 spiro atoms. The van der Waals surface area contributed by atoms with Crippen molar-refractivity contribution >= 4 is 28.9 Å². The SMILES string of the molecule is COc1ccc2c(c1OC)C(=O)O[C@@H]2CC(=O)Nc1cccc(-c2csc(C)n2)c1. The zero-order valence-electron chi connectivity index (χ0n) is 16.7. The van der Waals surface area contributed by atoms with E-state index < -0.39 is 12.1 Å². The van der Waals surface area contributed by atoms with E-state index in [4.69, 9.17) is 14.2 Å². The number of methoxy groups -OCH3 is 2. The lowest BCUT2D eigenvalue weighted by Crippen LogP contribution is -2.15. The van der Waals surface area contributed by atoms with Crippen molar-refractivity contribution in [1.29, 1.82) is 0 Å². The molecule has 7 nitrogen and oxygen atoms in total. The first-order valence-electron chi connectivity index (χ1n) is 9.28. The number of cyclic esters (lactones) is 1. The number of ether oxygens (including phenoxy) is 3. The molecule has 4 rings (SSSR count). The third kappa shape index (κ3) is 3.73. The van der Waals surface area contributed by atoms with E-state index in [1.54, 1.807) is 23.5 Å². The molecule has 2 aromatic carbocycles. The van der Waals surface area contributed by atoms with Crippen molar-refractivity contribution in [1.82, 2.24) is 4.98 Å². The van der Waals surface area contributed by atoms with Crippen LogP contribution in [0.2, 0.25) is 0 Å². The summed E-state index contributed by atoms with van der Waals surface area (Å²) in [6.07, 6.45) is -0.689. The van der Waals surface area contributed by atoms with E-state index in [-0.39, 0.29) is 12.3 Å². The highest BCUT2D eigenvalue weighted by Gasteiger charge is 2.36. The summed E-state index contributed by atoms with van der Waals surface area (Å²) in [6.45, 7) is 1.95. The number of amides is 1. The van der Waals surface area contributed by atoms with Crippen molar-refractivity contribution in [3.8, 4) is 22.8 Å². The van der Waals surface area contributed by atoms with Gasteiger partial charge in [0.15, 0.2) is 11.5 Å². The van der Waals surface area contributed by atoms with Gasteiger partial charge >= 0.3 is 5.97 Å². The van der Waals surface area contributed by atoms with E-state index >= 15 is 0 Å². The number of hydrogen-bond acceptors (Lipinski definition) is 7. The average molecular weight is 424 g/mol. The second kappa shape index (κ2) is 8.16. The number of benzene rings is 2. The van der Waals surface area contributed by atoms with Crippen molar-refractivity contribution < 1.29 is 23.8 Å². The number of carbonyl (C=O) groups excluding carboxylic acids is 2. The van der Waals surface area contributed by atoms with Crippen molar-refractivity contribution in [3.05, 3.63) is 57.9 Å². The molecule has 1 aliphatic heterocycles. The summed E-state index contributed by atoms with van der Waals surface area (Å²) in [7, 11) is 2.96. The Balaban J connectivity index is 1.51. The standard InChI is InChI=1S/C22H20N2O5S/c1-12-23-16(11-30-12)13-5-4-6-14(9-13)24-19(25)10-18-15-7-8-17(27-2)21(28-3)20(15)22(26)29-18/h4-9,11,18H,10H2,1-3H3,(H,24,25)/t18-/m1/s1. The minimum absolute atomic E-state index is 0.00569. The summed E-state index contributed by atoms with van der Waals surface area (Å²) in [4.78, 5) is 29.5. The molecule has 30 heavy (non-hydrogen) atoms. The quantitative estimate of drug-likeness (QED) is 0.591. The second-order valence-corrected chi connectivity index (χ2v) is 7.81. The number of anilines is 1. The summed E-state index contributed by atoms with van der Waals surface area (Å²) < 4.78 is 16.0. The summed E-state index contributed by atoms with van der Waals surface area (Å²) in [6, 6.07) is 10.9. The van der Waals surface area contributed by atoms with E-state index in [1.807, 2.05) is 36.6 Å². The molecule has 2 heterocycles. The van der Waals surface area contributed by atoms with Crippen LogP contribution in [0, 0.1) is 6.92 Å². The molecule has 1 N–H and O–H groups in total. The van der Waals surface area contributed by atoms with E-state index in [0.717, 1.165) is 16.3 Å². The van der Waals surface area contributed by atoms with Gasteiger partial charge in [-0.25, -0.2) is 9.78 Å². The second-order valence-electron chi connectivity index (χ2n) is 6.74. The first kappa shape index (κ1) is 19.9. The van der Waals surface area contributed by atoms with Crippen molar-refractivity contribution in [2.45, 2.75) is 19.4 Å². The zero-order valence-corrected chi connectivity index (χ0v) is 17.5. The number of fused-ring (bicyclic) bond motifs is 1. The Bertz CT molecular complexity index is 1120. The highest BCUT2D eigenvalue weighted by atomic mass is 32.1. The van der Waals surface area contributed by atoms with Crippen LogP contribution in [0.3, 0.4) is 0 Å². The molecule has 0 aliphatic carbocycles. The van der Waals surface area contributed by atoms with Crippen LogP contribution in [-0.4, -0.2) is 31.1 Å². The monoisotopic (exact) mass is 424 g/mol. The molecule has 1 atom stereocenters. The Morgan fingerprint density at radius 3 is 2.77 bits per heavy atom. The van der Waals surface area contributed by atoms with Gasteiger partial charge in [0.2, 0.25) is 5.91 Å². The molecule has 1 aliphatic rings. The van der Waals surface area contributed by atoms with Crippen molar-refractivity contribution in [3.63, 3.8) is 0 Å². The molecular weight excluding hydrogens is 404 g/mol. The number of nitrogens with zero attached hydrogens (tertiary/aromatic N) is 1. The number of hydrogen-bond donors (Lipinski definition) is 1. The van der Waals surface area contributed by atoms with E-state index in [9.17, 15) is 9.59 Å². The Morgan fingerprint density at radius 2 is 2.07 bits per heavy atom. The van der Waals surface area contributed by atoms with Gasteiger partial charge in [-0.15, -0.1) is 11.3 Å². The third-order valence-corrected chi connectivity index (χ3v) is 5.58. The average Bonchev–Trinajstić information content (AvgIpc) is 3.31. The lowest BCUT2D eigenvalue weighted by atomic mass is 10.0. The molecule has 0 fully saturated rings. The van der Waals surface area contributed by atoms with Crippen LogP contribution in [0.4, 0.5) is 5.69 Å². The third-order valence-electron chi connectivity index (χ3n) is 4.81. The molecule has 0 bridgehead atoms. The highest BCUT2D eigenvalue weighted by molar-refractivity contribution is 7.09. The van der Waals surface area contributed by atoms with Gasteiger partial charge in [-0.3, -0.25) is 4.79 Å². The molecule has 0 saturated carbocycles. The molecular formula is C22H20N2O5S. The minimum atomic E-state index is -0.684. The predicted molar refractivity (Wildman–Crippen MR) is 113 cm³/mol. The lowest BCUT2D eigenvalue weighted by molar-refractivity contribution is -0.118. The van der Waals surface area contributed by atoms with E-state index in [0.29, 0.717) is 28.3 Å². The van der Waals surface area contributed by atoms with Gasteiger partial charge in [0.05, 0.1) is 31.3 Å². The molecule has 1 aromatic heterocycles. The summed E-state index contributed by atoms with van der Waals surface area (Å²) in [5, 5.41) is 5.83. The van der Waals surface area contributed by atoms with Gasteiger partial charge in [-0.05, 0) is 25.1 Å². The Morgan fingerprint density at radius 1 is 1.23 bits per heavy atom. The maximum Gasteiger partial charge on any atom is 0.343 e. The van der Waals surface area contributed by atoms with Crippen LogP contribution in [0.15, 0.2) is 41.8 Å². The number of carbonyl (C=O) groups is 2. The smallest absolute Gasteiger partial charge is 0.343 e. The number of aromatic nitrogens is 1. The normalized spacial score (nSPS) is 14.8. The maximum absolute atomic E-state index is 12.6. The van der Waals surface area contributed by atoms with Crippen molar-refractivity contribution in [2.75, 3.05) is 19.5 Å². The highest BCUT2D eigenvalue weighted by Crippen LogP contribution is 2.43. The molecule has 0 unspecified atom stereocenters. The van der Waals surface area contributed by atoms with Gasteiger partial charge in [0, 0.05) is 22.2 Å². The lowest BCUT2D eigenvalue weighted by Gasteiger charge is -2.13. The molecule has 1 amide bonds. The number of rotatable bonds is 6. The number of aryl methyl sites for hydroxylation is 1. The van der Waals surface area contributed by atoms with Gasteiger partial charge in [-0.1, -0.05) is 18.2 Å². The zero-order chi connectivity index (χ0) is 21.3. The van der Waals surface area contributed by atoms with E-state index in [2.05, 4.69) is 10.3 Å². The molecule has 3 aromatic rings. The van der Waals surface area contributed by atoms with Gasteiger partial charge < -0.3 is 19.5 Å². The number of esters is 1. The summed E-state index contributed by atoms with van der Waals surface area (Å²) in [5.41, 5.74) is 3.36. The van der Waals surface area contributed by atoms with Crippen LogP contribution >= 0.6 is 11.3 Å². The fourth-order valence-electron chi connectivity index (χ4n) is 3.46. The summed E-state index contributed by atoms with van der Waals surface area (Å²) in [5.74, 6) is -0.0388. The summed E-state index contributed by atoms with van der Waals surface area (Å²) >= 11 is 1.57. The van der Waals surface area contributed by atoms with Gasteiger partial charge in [-0.2, -0.15) is 0 Å². The Labute approximate surface area is 177 Å². The largest absolute Gasteiger partial charge is 0.493 e. The first-order chi connectivity index (χ1) is 14.5. The van der Waals surface area contributed by atoms with Gasteiger partial charge in [0.25, 0.3) is 0 Å². The van der Waals surface area contributed by atoms with Crippen LogP contribution in [-0.2, 0) is 9.53 Å². The fraction of sp³-hybridized carbons (Fsp3) is 0.227. The number of nitrogens with one attached hydrogen (secondary N) is 1. The molecule has 0 radical (unpaired) electrons. The Hall–Kier alpha value is -3.39. The van der Waals surface area contributed by atoms with Crippen LogP contribution in [0.25, 0.3) is 11.3 Å². The first-order valence-corrected chi connectivity index (χ1v) is 10.2. The van der Waals surface area contributed by atoms with E-state index in [1.165, 1.54) is 14.2 Å². The predicted octanol–water partition coefficient (Wildman–Crippen LogP) is 4.38. The van der Waals surface area contributed by atoms with Crippen LogP contribution in [0.1, 0.15) is 33.5 Å². The Kier molecular flexibility index (Phi) is 5.41. The van der Waals surface area contributed by atoms with Gasteiger partial charge in [0.1, 0.15) is 11.7 Å². The topological polar surface area (TPSA) is 86.8 Å². The maximum atomic E-state index is 12.6. The van der Waals surface area contributed by atoms with Crippen LogP contribution < -0.4 is 14.8 Å². The van der Waals surface area contributed by atoms with Crippen molar-refractivity contribution in [2.24, 2.45) is 0 Å².